The summed E-state index contributed by atoms with van der Waals surface area (Å²) in [4.78, 5) is 33.2. The first kappa shape index (κ1) is 29.3. The van der Waals surface area contributed by atoms with Gasteiger partial charge in [-0.15, -0.1) is 0 Å². The summed E-state index contributed by atoms with van der Waals surface area (Å²) in [6.07, 6.45) is 9.26. The Morgan fingerprint density at radius 2 is 1.55 bits per heavy atom. The number of nitrogens with one attached hydrogen (secondary N) is 1. The number of carbonyl (C=O) groups excluding carboxylic acids is 2. The molecule has 1 saturated carbocycles. The van der Waals surface area contributed by atoms with Crippen LogP contribution in [0.3, 0.4) is 0 Å². The van der Waals surface area contributed by atoms with E-state index in [1.807, 2.05) is 0 Å². The number of hydrogen-bond donors (Lipinski definition) is 1. The highest BCUT2D eigenvalue weighted by Crippen LogP contribution is 2.37. The molecule has 3 heterocycles. The summed E-state index contributed by atoms with van der Waals surface area (Å²) in [6, 6.07) is 17.0. The van der Waals surface area contributed by atoms with Crippen molar-refractivity contribution < 1.29 is 18.0 Å². The highest BCUT2D eigenvalue weighted by atomic mass is 32.2. The summed E-state index contributed by atoms with van der Waals surface area (Å²) in [7, 11) is -3.30. The molecule has 0 unspecified atom stereocenters. The van der Waals surface area contributed by atoms with Crippen LogP contribution in [-0.2, 0) is 21.2 Å². The molecule has 1 aliphatic carbocycles. The second-order valence-electron chi connectivity index (χ2n) is 13.1. The van der Waals surface area contributed by atoms with Gasteiger partial charge in [-0.3, -0.25) is 9.69 Å². The molecule has 9 heteroatoms. The minimum Gasteiger partial charge on any atom is -0.323 e. The Kier molecular flexibility index (Phi) is 8.44. The Labute approximate surface area is 250 Å². The molecule has 4 fully saturated rings. The maximum atomic E-state index is 13.6. The Morgan fingerprint density at radius 3 is 2.21 bits per heavy atom. The van der Waals surface area contributed by atoms with Crippen LogP contribution in [0.5, 0.6) is 0 Å². The summed E-state index contributed by atoms with van der Waals surface area (Å²) in [5.41, 5.74) is 1.31. The van der Waals surface area contributed by atoms with Crippen LogP contribution in [0, 0.1) is 11.8 Å². The SMILES string of the molecule is CS(=O)(=O)c1ccc(CN2C(=O)NC3(CCN(C[C@H]4CN(CC5CCCCC5)C[C@@H]4c4ccccc4)CC3)C2=O)cc1. The van der Waals surface area contributed by atoms with Crippen molar-refractivity contribution in [2.24, 2.45) is 11.8 Å². The fraction of sp³-hybridized carbons (Fsp3) is 0.576. The van der Waals surface area contributed by atoms with Crippen LogP contribution in [0.25, 0.3) is 0 Å². The molecule has 1 spiro atoms. The molecule has 42 heavy (non-hydrogen) atoms. The number of urea groups is 1. The minimum atomic E-state index is -3.30. The number of carbonyl (C=O) groups is 2. The minimum absolute atomic E-state index is 0.137. The van der Waals surface area contributed by atoms with E-state index in [1.165, 1.54) is 61.2 Å². The zero-order chi connectivity index (χ0) is 29.3. The van der Waals surface area contributed by atoms with Crippen LogP contribution in [0.1, 0.15) is 62.0 Å². The number of piperidine rings is 1. The summed E-state index contributed by atoms with van der Waals surface area (Å²) in [5, 5.41) is 3.03. The van der Waals surface area contributed by atoms with E-state index in [0.29, 0.717) is 24.7 Å². The summed E-state index contributed by atoms with van der Waals surface area (Å²) >= 11 is 0. The van der Waals surface area contributed by atoms with Gasteiger partial charge in [0.2, 0.25) is 0 Å². The molecule has 3 amide bonds. The predicted molar refractivity (Wildman–Crippen MR) is 163 cm³/mol. The molecule has 3 aliphatic heterocycles. The number of hydrogen-bond acceptors (Lipinski definition) is 6. The van der Waals surface area contributed by atoms with Crippen LogP contribution in [0.4, 0.5) is 4.79 Å². The standard InChI is InChI=1S/C33H44N4O4S/c1-42(40,41)29-14-12-26(13-15-29)21-37-31(38)33(34-32(37)39)16-18-35(19-17-33)22-28-23-36(20-25-8-4-2-5-9-25)24-30(28)27-10-6-3-7-11-27/h3,6-7,10-15,25,28,30H,2,4-5,8-9,16-24H2,1H3,(H,34,39)/t28-,30+/m0/s1. The van der Waals surface area contributed by atoms with Gasteiger partial charge in [0.25, 0.3) is 5.91 Å². The monoisotopic (exact) mass is 592 g/mol. The quantitative estimate of drug-likeness (QED) is 0.461. The third kappa shape index (κ3) is 6.29. The van der Waals surface area contributed by atoms with Crippen molar-refractivity contribution in [3.8, 4) is 0 Å². The van der Waals surface area contributed by atoms with E-state index < -0.39 is 15.4 Å². The van der Waals surface area contributed by atoms with E-state index in [0.717, 1.165) is 50.5 Å². The smallest absolute Gasteiger partial charge is 0.323 e. The zero-order valence-electron chi connectivity index (χ0n) is 24.7. The molecule has 1 N–H and O–H groups in total. The first-order valence-corrected chi connectivity index (χ1v) is 17.5. The van der Waals surface area contributed by atoms with Crippen molar-refractivity contribution in [3.05, 3.63) is 65.7 Å². The van der Waals surface area contributed by atoms with Gasteiger partial charge < -0.3 is 15.1 Å². The zero-order valence-corrected chi connectivity index (χ0v) is 25.5. The average molecular weight is 593 g/mol. The average Bonchev–Trinajstić information content (AvgIpc) is 3.48. The molecule has 2 atom stereocenters. The van der Waals surface area contributed by atoms with Gasteiger partial charge in [0, 0.05) is 51.4 Å². The molecule has 2 aromatic rings. The van der Waals surface area contributed by atoms with Crippen molar-refractivity contribution in [2.45, 2.75) is 67.8 Å². The van der Waals surface area contributed by atoms with Crippen LogP contribution in [0.2, 0.25) is 0 Å². The highest BCUT2D eigenvalue weighted by molar-refractivity contribution is 7.90. The van der Waals surface area contributed by atoms with Crippen LogP contribution >= 0.6 is 0 Å². The number of likely N-dealkylation sites (tertiary alicyclic amines) is 2. The number of amides is 3. The molecular weight excluding hydrogens is 548 g/mol. The maximum Gasteiger partial charge on any atom is 0.325 e. The lowest BCUT2D eigenvalue weighted by atomic mass is 9.85. The van der Waals surface area contributed by atoms with Crippen LogP contribution in [-0.4, -0.2) is 86.1 Å². The Balaban J connectivity index is 1.07. The molecule has 226 valence electrons. The topological polar surface area (TPSA) is 90.0 Å². The van der Waals surface area contributed by atoms with Crippen molar-refractivity contribution in [1.82, 2.24) is 20.0 Å². The third-order valence-corrected chi connectivity index (χ3v) is 11.3. The molecule has 0 radical (unpaired) electrons. The first-order chi connectivity index (χ1) is 20.2. The molecular formula is C33H44N4O4S. The van der Waals surface area contributed by atoms with Crippen molar-refractivity contribution in [3.63, 3.8) is 0 Å². The van der Waals surface area contributed by atoms with Gasteiger partial charge in [-0.25, -0.2) is 13.2 Å². The summed E-state index contributed by atoms with van der Waals surface area (Å²) in [6.45, 7) is 6.17. The van der Waals surface area contributed by atoms with Gasteiger partial charge in [-0.1, -0.05) is 61.7 Å². The van der Waals surface area contributed by atoms with Crippen molar-refractivity contribution in [2.75, 3.05) is 45.5 Å². The first-order valence-electron chi connectivity index (χ1n) is 15.6. The van der Waals surface area contributed by atoms with Gasteiger partial charge in [-0.2, -0.15) is 0 Å². The van der Waals surface area contributed by atoms with Gasteiger partial charge in [0.15, 0.2) is 9.84 Å². The largest absolute Gasteiger partial charge is 0.325 e. The van der Waals surface area contributed by atoms with Crippen LogP contribution in [0.15, 0.2) is 59.5 Å². The maximum absolute atomic E-state index is 13.6. The van der Waals surface area contributed by atoms with E-state index in [-0.39, 0.29) is 23.4 Å². The van der Waals surface area contributed by atoms with Gasteiger partial charge in [0.1, 0.15) is 5.54 Å². The van der Waals surface area contributed by atoms with Gasteiger partial charge in [-0.05, 0) is 60.8 Å². The third-order valence-electron chi connectivity index (χ3n) is 10.1. The fourth-order valence-corrected chi connectivity index (χ4v) is 8.37. The second-order valence-corrected chi connectivity index (χ2v) is 15.1. The lowest BCUT2D eigenvalue weighted by Crippen LogP contribution is -2.55. The van der Waals surface area contributed by atoms with Gasteiger partial charge in [0.05, 0.1) is 11.4 Å². The molecule has 0 aromatic heterocycles. The van der Waals surface area contributed by atoms with Crippen molar-refractivity contribution >= 4 is 21.8 Å². The van der Waals surface area contributed by atoms with E-state index in [4.69, 9.17) is 0 Å². The second kappa shape index (κ2) is 12.1. The van der Waals surface area contributed by atoms with Crippen LogP contribution < -0.4 is 5.32 Å². The van der Waals surface area contributed by atoms with E-state index in [9.17, 15) is 18.0 Å². The molecule has 4 aliphatic rings. The number of nitrogens with zero attached hydrogens (tertiary/aromatic N) is 3. The van der Waals surface area contributed by atoms with Gasteiger partial charge >= 0.3 is 6.03 Å². The summed E-state index contributed by atoms with van der Waals surface area (Å²) < 4.78 is 23.6. The number of rotatable bonds is 8. The molecule has 0 bridgehead atoms. The molecule has 2 aromatic carbocycles. The lowest BCUT2D eigenvalue weighted by molar-refractivity contribution is -0.133. The van der Waals surface area contributed by atoms with Crippen molar-refractivity contribution in [1.29, 1.82) is 0 Å². The highest BCUT2D eigenvalue weighted by Gasteiger charge is 2.52. The molecule has 3 saturated heterocycles. The van der Waals surface area contributed by atoms with E-state index in [1.54, 1.807) is 12.1 Å². The Bertz CT molecular complexity index is 1370. The Hall–Kier alpha value is -2.75. The van der Waals surface area contributed by atoms with E-state index >= 15 is 0 Å². The van der Waals surface area contributed by atoms with E-state index in [2.05, 4.69) is 45.4 Å². The summed E-state index contributed by atoms with van der Waals surface area (Å²) in [5.74, 6) is 1.73. The molecule has 6 rings (SSSR count). The lowest BCUT2D eigenvalue weighted by Gasteiger charge is -2.39. The number of imide groups is 1. The normalized spacial score (nSPS) is 25.8. The number of sulfone groups is 1. The number of benzene rings is 2. The predicted octanol–water partition coefficient (Wildman–Crippen LogP) is 4.27. The Morgan fingerprint density at radius 1 is 0.857 bits per heavy atom. The molecule has 8 nitrogen and oxygen atoms in total. The fourth-order valence-electron chi connectivity index (χ4n) is 7.74.